The summed E-state index contributed by atoms with van der Waals surface area (Å²) in [7, 11) is -1.76. The molecular formula is C58H54IrN4OSi-2. The quantitative estimate of drug-likeness (QED) is 0.107. The number of nitrogens with zero attached hydrogens (tertiary/aromatic N) is 4. The van der Waals surface area contributed by atoms with Crippen molar-refractivity contribution >= 4 is 46.4 Å². The SMILES string of the molecule is Cc1ccc2c(n1)oc1c(-c3nc4ccccc4n3-c3c(C(C)C)cc(-c4ccccc4)cc3C(C)C)[c-]ccc12.[2H]C([2H])(c1ccccc1)c1cc(-c2[c-]cccc2)ncc1[Si](C)(C)C.[Ir]. The molecule has 0 spiro atoms. The third kappa shape index (κ3) is 9.33. The molecule has 0 aliphatic heterocycles. The minimum atomic E-state index is -1.76. The van der Waals surface area contributed by atoms with Crippen LogP contribution in [0.2, 0.25) is 19.6 Å². The van der Waals surface area contributed by atoms with Gasteiger partial charge in [-0.25, -0.2) is 4.98 Å². The molecule has 0 aliphatic rings. The van der Waals surface area contributed by atoms with E-state index in [1.807, 2.05) is 92.0 Å². The van der Waals surface area contributed by atoms with E-state index in [2.05, 4.69) is 147 Å². The molecule has 0 saturated carbocycles. The molecule has 5 nitrogen and oxygen atoms in total. The average Bonchev–Trinajstić information content (AvgIpc) is 3.90. The second kappa shape index (κ2) is 19.1. The van der Waals surface area contributed by atoms with E-state index in [0.29, 0.717) is 23.1 Å². The van der Waals surface area contributed by atoms with Gasteiger partial charge in [0.15, 0.2) is 0 Å². The fourth-order valence-electron chi connectivity index (χ4n) is 8.45. The fourth-order valence-corrected chi connectivity index (χ4v) is 9.84. The van der Waals surface area contributed by atoms with Crippen molar-refractivity contribution in [1.82, 2.24) is 19.5 Å². The maximum absolute atomic E-state index is 8.84. The first-order chi connectivity index (χ1) is 31.7. The van der Waals surface area contributed by atoms with E-state index in [9.17, 15) is 0 Å². The Morgan fingerprint density at radius 2 is 1.37 bits per heavy atom. The Morgan fingerprint density at radius 1 is 0.692 bits per heavy atom. The van der Waals surface area contributed by atoms with Gasteiger partial charge in [-0.1, -0.05) is 143 Å². The first kappa shape index (κ1) is 42.7. The van der Waals surface area contributed by atoms with Crippen LogP contribution >= 0.6 is 0 Å². The molecule has 0 unspecified atom stereocenters. The topological polar surface area (TPSA) is 56.7 Å². The Morgan fingerprint density at radius 3 is 2.05 bits per heavy atom. The summed E-state index contributed by atoms with van der Waals surface area (Å²) in [5.74, 6) is 1.40. The van der Waals surface area contributed by atoms with Crippen LogP contribution in [0.1, 0.15) is 70.2 Å². The summed E-state index contributed by atoms with van der Waals surface area (Å²) in [4.78, 5) is 14.5. The molecular weight excluding hydrogens is 989 g/mol. The molecule has 10 rings (SSSR count). The largest absolute Gasteiger partial charge is 0.486 e. The molecule has 4 heterocycles. The number of pyridine rings is 2. The molecule has 0 N–H and O–H groups in total. The van der Waals surface area contributed by atoms with Gasteiger partial charge >= 0.3 is 0 Å². The first-order valence-electron chi connectivity index (χ1n) is 23.2. The van der Waals surface area contributed by atoms with Crippen LogP contribution < -0.4 is 5.19 Å². The summed E-state index contributed by atoms with van der Waals surface area (Å²) < 4.78 is 26.5. The number of aromatic nitrogens is 4. The molecule has 0 bridgehead atoms. The number of aryl methyl sites for hydroxylation is 1. The Labute approximate surface area is 400 Å². The number of hydrogen-bond donors (Lipinski definition) is 0. The number of hydrogen-bond acceptors (Lipinski definition) is 4. The van der Waals surface area contributed by atoms with Gasteiger partial charge in [0.2, 0.25) is 5.71 Å². The van der Waals surface area contributed by atoms with Gasteiger partial charge in [0.05, 0.1) is 30.5 Å². The van der Waals surface area contributed by atoms with E-state index in [1.54, 1.807) is 0 Å². The third-order valence-electron chi connectivity index (χ3n) is 11.7. The van der Waals surface area contributed by atoms with Gasteiger partial charge in [0, 0.05) is 45.8 Å². The van der Waals surface area contributed by atoms with Crippen molar-refractivity contribution in [2.24, 2.45) is 0 Å². The van der Waals surface area contributed by atoms with Gasteiger partial charge in [-0.2, -0.15) is 0 Å². The maximum atomic E-state index is 8.84. The number of fused-ring (bicyclic) bond motifs is 4. The number of rotatable bonds is 9. The van der Waals surface area contributed by atoms with Gasteiger partial charge in [0.1, 0.15) is 0 Å². The molecule has 0 aliphatic carbocycles. The zero-order chi connectivity index (χ0) is 46.3. The van der Waals surface area contributed by atoms with E-state index in [1.165, 1.54) is 27.9 Å². The zero-order valence-corrected chi connectivity index (χ0v) is 41.6. The van der Waals surface area contributed by atoms with Crippen molar-refractivity contribution in [3.8, 4) is 39.5 Å². The molecule has 1 radical (unpaired) electrons. The minimum Gasteiger partial charge on any atom is -0.486 e. The minimum absolute atomic E-state index is 0. The van der Waals surface area contributed by atoms with Crippen LogP contribution in [-0.2, 0) is 26.5 Å². The second-order valence-corrected chi connectivity index (χ2v) is 23.1. The Hall–Kier alpha value is -6.24. The molecule has 10 aromatic rings. The Bertz CT molecular complexity index is 3310. The standard InChI is InChI=1S/C37H32N3O.C21H22NSi.Ir/c1-22(2)30-20-26(25-12-7-6-8-13-25)21-31(23(3)4)34(30)40-33-17-10-9-16-32(33)39-36(40)29-15-11-14-27-28-19-18-24(5)38-37(28)41-35(27)29;1-23(2,3)21-16-22-20(18-12-8-5-9-13-18)15-19(21)14-17-10-6-4-7-11-17;/h6-14,16-23H,1-5H3;4-12,15-16H,14H2,1-3H3;/q2*-1;/i;14D2;. The summed E-state index contributed by atoms with van der Waals surface area (Å²) >= 11 is 0. The van der Waals surface area contributed by atoms with Crippen molar-refractivity contribution in [3.05, 3.63) is 198 Å². The van der Waals surface area contributed by atoms with Gasteiger partial charge in [0.25, 0.3) is 0 Å². The van der Waals surface area contributed by atoms with Gasteiger partial charge in [-0.15, -0.1) is 54.1 Å². The second-order valence-electron chi connectivity index (χ2n) is 18.1. The molecule has 6 aromatic carbocycles. The number of imidazole rings is 1. The van der Waals surface area contributed by atoms with Crippen LogP contribution in [0.4, 0.5) is 0 Å². The predicted octanol–water partition coefficient (Wildman–Crippen LogP) is 14.7. The molecule has 0 amide bonds. The maximum Gasteiger partial charge on any atom is 0.216 e. The van der Waals surface area contributed by atoms with Crippen LogP contribution in [0.25, 0.3) is 72.6 Å². The van der Waals surface area contributed by atoms with Crippen LogP contribution in [0, 0.1) is 19.1 Å². The molecule has 65 heavy (non-hydrogen) atoms. The van der Waals surface area contributed by atoms with Crippen molar-refractivity contribution in [2.45, 2.75) is 72.5 Å². The first-order valence-corrected chi connectivity index (χ1v) is 25.7. The monoisotopic (exact) mass is 1050 g/mol. The molecule has 0 fully saturated rings. The van der Waals surface area contributed by atoms with E-state index in [0.717, 1.165) is 66.5 Å². The average molecular weight is 1050 g/mol. The summed E-state index contributed by atoms with van der Waals surface area (Å²) in [6.07, 6.45) is 0.307. The van der Waals surface area contributed by atoms with Crippen LogP contribution in [-0.4, -0.2) is 27.6 Å². The van der Waals surface area contributed by atoms with E-state index >= 15 is 0 Å². The van der Waals surface area contributed by atoms with E-state index in [4.69, 9.17) is 12.1 Å². The molecule has 4 aromatic heterocycles. The smallest absolute Gasteiger partial charge is 0.216 e. The summed E-state index contributed by atoms with van der Waals surface area (Å²) in [5.41, 5.74) is 14.4. The van der Waals surface area contributed by atoms with E-state index < -0.39 is 14.4 Å². The zero-order valence-electron chi connectivity index (χ0n) is 40.2. The normalized spacial score (nSPS) is 12.3. The van der Waals surface area contributed by atoms with Crippen molar-refractivity contribution in [2.75, 3.05) is 0 Å². The molecule has 7 heteroatoms. The third-order valence-corrected chi connectivity index (χ3v) is 13.7. The molecule has 0 saturated heterocycles. The number of furan rings is 1. The van der Waals surface area contributed by atoms with Crippen LogP contribution in [0.15, 0.2) is 162 Å². The van der Waals surface area contributed by atoms with Gasteiger partial charge < -0.3 is 14.0 Å². The Balaban J connectivity index is 0.000000201. The van der Waals surface area contributed by atoms with Crippen molar-refractivity contribution < 1.29 is 27.3 Å². The fraction of sp³-hybridized carbons (Fsp3) is 0.190. The van der Waals surface area contributed by atoms with Crippen molar-refractivity contribution in [3.63, 3.8) is 0 Å². The van der Waals surface area contributed by atoms with Gasteiger partial charge in [-0.05, 0) is 100 Å². The summed E-state index contributed by atoms with van der Waals surface area (Å²) in [6, 6.07) is 57.6. The summed E-state index contributed by atoms with van der Waals surface area (Å²) in [6.45, 7) is 17.8. The van der Waals surface area contributed by atoms with E-state index in [-0.39, 0.29) is 20.1 Å². The Kier molecular flexibility index (Phi) is 12.5. The van der Waals surface area contributed by atoms with Crippen molar-refractivity contribution in [1.29, 1.82) is 0 Å². The van der Waals surface area contributed by atoms with Crippen LogP contribution in [0.3, 0.4) is 0 Å². The molecule has 0 atom stereocenters. The molecule has 327 valence electrons. The van der Waals surface area contributed by atoms with Crippen LogP contribution in [0.5, 0.6) is 0 Å². The number of benzene rings is 6. The number of para-hydroxylation sites is 2. The summed E-state index contributed by atoms with van der Waals surface area (Å²) in [5, 5.41) is 3.08. The van der Waals surface area contributed by atoms with Gasteiger partial charge in [-0.3, -0.25) is 4.98 Å². The predicted molar refractivity (Wildman–Crippen MR) is 270 cm³/mol.